The third-order valence-electron chi connectivity index (χ3n) is 3.93. The highest BCUT2D eigenvalue weighted by Gasteiger charge is 2.08. The van der Waals surface area contributed by atoms with Gasteiger partial charge in [-0.2, -0.15) is 0 Å². The number of carbonyl (C=O) groups excluding carboxylic acids is 2. The molecule has 0 saturated carbocycles. The summed E-state index contributed by atoms with van der Waals surface area (Å²) in [7, 11) is 0. The monoisotopic (exact) mass is 342 g/mol. The summed E-state index contributed by atoms with van der Waals surface area (Å²) in [6.07, 6.45) is 1.08. The largest absolute Gasteiger partial charge is 0.354 e. The molecule has 0 aromatic heterocycles. The number of benzene rings is 2. The molecule has 0 fully saturated rings. The molecule has 2 aromatic carbocycles. The van der Waals surface area contributed by atoms with Crippen LogP contribution < -0.4 is 10.6 Å². The van der Waals surface area contributed by atoms with Crippen molar-refractivity contribution in [2.45, 2.75) is 26.7 Å². The van der Waals surface area contributed by atoms with Crippen LogP contribution in [-0.4, -0.2) is 24.9 Å². The standard InChI is InChI=1S/C20H23FN2O2/c1-14-3-6-16(7-4-14)8-10-19(24)22-11-12-23-20(25)17-9-5-15(2)18(21)13-17/h3-7,9,13H,8,10-12H2,1-2H3,(H,22,24)(H,23,25). The molecule has 0 atom stereocenters. The predicted octanol–water partition coefficient (Wildman–Crippen LogP) is 2.92. The van der Waals surface area contributed by atoms with E-state index < -0.39 is 5.82 Å². The van der Waals surface area contributed by atoms with E-state index >= 15 is 0 Å². The number of carbonyl (C=O) groups is 2. The number of halogens is 1. The van der Waals surface area contributed by atoms with Gasteiger partial charge < -0.3 is 10.6 Å². The molecule has 2 amide bonds. The van der Waals surface area contributed by atoms with Gasteiger partial charge in [-0.05, 0) is 43.5 Å². The molecular formula is C20H23FN2O2. The van der Waals surface area contributed by atoms with Gasteiger partial charge in [-0.15, -0.1) is 0 Å². The summed E-state index contributed by atoms with van der Waals surface area (Å²) in [6.45, 7) is 4.30. The van der Waals surface area contributed by atoms with Crippen LogP contribution in [0.25, 0.3) is 0 Å². The molecule has 0 bridgehead atoms. The molecule has 0 spiro atoms. The lowest BCUT2D eigenvalue weighted by molar-refractivity contribution is -0.121. The molecule has 4 nitrogen and oxygen atoms in total. The molecule has 0 unspecified atom stereocenters. The lowest BCUT2D eigenvalue weighted by atomic mass is 10.1. The number of rotatable bonds is 7. The second kappa shape index (κ2) is 8.97. The Morgan fingerprint density at radius 2 is 1.64 bits per heavy atom. The fourth-order valence-electron chi connectivity index (χ4n) is 2.32. The van der Waals surface area contributed by atoms with Crippen LogP contribution in [0.1, 0.15) is 33.5 Å². The van der Waals surface area contributed by atoms with Gasteiger partial charge in [0.05, 0.1) is 0 Å². The second-order valence-electron chi connectivity index (χ2n) is 6.06. The maximum Gasteiger partial charge on any atom is 0.251 e. The molecule has 2 rings (SSSR count). The van der Waals surface area contributed by atoms with Gasteiger partial charge in [0.1, 0.15) is 5.82 Å². The van der Waals surface area contributed by atoms with Crippen LogP contribution in [-0.2, 0) is 11.2 Å². The van der Waals surface area contributed by atoms with Gasteiger partial charge >= 0.3 is 0 Å². The Bertz CT molecular complexity index is 742. The molecule has 5 heteroatoms. The van der Waals surface area contributed by atoms with Crippen LogP contribution in [0.2, 0.25) is 0 Å². The van der Waals surface area contributed by atoms with E-state index in [0.29, 0.717) is 31.5 Å². The number of hydrogen-bond donors (Lipinski definition) is 2. The Morgan fingerprint density at radius 1 is 0.960 bits per heavy atom. The first kappa shape index (κ1) is 18.6. The molecule has 0 aliphatic carbocycles. The zero-order valence-corrected chi connectivity index (χ0v) is 14.6. The first-order chi connectivity index (χ1) is 12.0. The Morgan fingerprint density at radius 3 is 2.32 bits per heavy atom. The molecule has 2 aromatic rings. The number of aryl methyl sites for hydroxylation is 3. The van der Waals surface area contributed by atoms with Gasteiger partial charge in [0.25, 0.3) is 5.91 Å². The van der Waals surface area contributed by atoms with Gasteiger partial charge in [0.15, 0.2) is 0 Å². The van der Waals surface area contributed by atoms with Crippen molar-refractivity contribution < 1.29 is 14.0 Å². The van der Waals surface area contributed by atoms with E-state index in [9.17, 15) is 14.0 Å². The topological polar surface area (TPSA) is 58.2 Å². The first-order valence-corrected chi connectivity index (χ1v) is 8.32. The maximum atomic E-state index is 13.4. The molecule has 0 heterocycles. The van der Waals surface area contributed by atoms with Crippen molar-refractivity contribution in [2.24, 2.45) is 0 Å². The summed E-state index contributed by atoms with van der Waals surface area (Å²) in [5.74, 6) is -0.818. The zero-order valence-electron chi connectivity index (χ0n) is 14.6. The highest BCUT2D eigenvalue weighted by molar-refractivity contribution is 5.94. The van der Waals surface area contributed by atoms with Crippen molar-refractivity contribution in [3.63, 3.8) is 0 Å². The van der Waals surface area contributed by atoms with Crippen LogP contribution in [0.3, 0.4) is 0 Å². The fourth-order valence-corrected chi connectivity index (χ4v) is 2.32. The fraction of sp³-hybridized carbons (Fsp3) is 0.300. The van der Waals surface area contributed by atoms with Gasteiger partial charge in [0, 0.05) is 25.1 Å². The van der Waals surface area contributed by atoms with Crippen LogP contribution in [0.5, 0.6) is 0 Å². The van der Waals surface area contributed by atoms with Crippen molar-refractivity contribution in [1.82, 2.24) is 10.6 Å². The predicted molar refractivity (Wildman–Crippen MR) is 96.0 cm³/mol. The molecule has 0 aliphatic rings. The van der Waals surface area contributed by atoms with Crippen molar-refractivity contribution in [3.8, 4) is 0 Å². The number of amides is 2. The van der Waals surface area contributed by atoms with Crippen molar-refractivity contribution in [2.75, 3.05) is 13.1 Å². The minimum absolute atomic E-state index is 0.0591. The summed E-state index contributed by atoms with van der Waals surface area (Å²) in [5.41, 5.74) is 3.08. The molecule has 25 heavy (non-hydrogen) atoms. The Balaban J connectivity index is 1.66. The quantitative estimate of drug-likeness (QED) is 0.760. The second-order valence-corrected chi connectivity index (χ2v) is 6.06. The molecule has 0 aliphatic heterocycles. The first-order valence-electron chi connectivity index (χ1n) is 8.32. The molecule has 0 saturated heterocycles. The normalized spacial score (nSPS) is 10.4. The van der Waals surface area contributed by atoms with E-state index in [1.165, 1.54) is 11.6 Å². The van der Waals surface area contributed by atoms with Crippen molar-refractivity contribution >= 4 is 11.8 Å². The molecular weight excluding hydrogens is 319 g/mol. The van der Waals surface area contributed by atoms with Crippen LogP contribution in [0.15, 0.2) is 42.5 Å². The van der Waals surface area contributed by atoms with E-state index in [2.05, 4.69) is 10.6 Å². The van der Waals surface area contributed by atoms with E-state index in [4.69, 9.17) is 0 Å². The van der Waals surface area contributed by atoms with Gasteiger partial charge in [-0.25, -0.2) is 4.39 Å². The highest BCUT2D eigenvalue weighted by atomic mass is 19.1. The van der Waals surface area contributed by atoms with Crippen molar-refractivity contribution in [3.05, 3.63) is 70.5 Å². The average molecular weight is 342 g/mol. The smallest absolute Gasteiger partial charge is 0.251 e. The summed E-state index contributed by atoms with van der Waals surface area (Å²) in [6, 6.07) is 12.4. The number of nitrogens with one attached hydrogen (secondary N) is 2. The lowest BCUT2D eigenvalue weighted by Gasteiger charge is -2.08. The summed E-state index contributed by atoms with van der Waals surface area (Å²) >= 11 is 0. The summed E-state index contributed by atoms with van der Waals surface area (Å²) < 4.78 is 13.4. The van der Waals surface area contributed by atoms with Crippen LogP contribution in [0, 0.1) is 19.7 Å². The molecule has 2 N–H and O–H groups in total. The van der Waals surface area contributed by atoms with E-state index in [1.54, 1.807) is 19.1 Å². The van der Waals surface area contributed by atoms with Gasteiger partial charge in [-0.1, -0.05) is 35.9 Å². The minimum atomic E-state index is -0.406. The van der Waals surface area contributed by atoms with E-state index in [0.717, 1.165) is 5.56 Å². The SMILES string of the molecule is Cc1ccc(CCC(=O)NCCNC(=O)c2ccc(C)c(F)c2)cc1. The summed E-state index contributed by atoms with van der Waals surface area (Å²) in [5, 5.41) is 5.42. The third kappa shape index (κ3) is 6.03. The minimum Gasteiger partial charge on any atom is -0.354 e. The zero-order chi connectivity index (χ0) is 18.2. The van der Waals surface area contributed by atoms with Gasteiger partial charge in [-0.3, -0.25) is 9.59 Å². The Kier molecular flexibility index (Phi) is 6.69. The maximum absolute atomic E-state index is 13.4. The van der Waals surface area contributed by atoms with Gasteiger partial charge in [0.2, 0.25) is 5.91 Å². The van der Waals surface area contributed by atoms with Crippen molar-refractivity contribution in [1.29, 1.82) is 0 Å². The summed E-state index contributed by atoms with van der Waals surface area (Å²) in [4.78, 5) is 23.7. The van der Waals surface area contributed by atoms with E-state index in [-0.39, 0.29) is 17.4 Å². The number of hydrogen-bond acceptors (Lipinski definition) is 2. The highest BCUT2D eigenvalue weighted by Crippen LogP contribution is 2.09. The van der Waals surface area contributed by atoms with Crippen LogP contribution >= 0.6 is 0 Å². The van der Waals surface area contributed by atoms with E-state index in [1.807, 2.05) is 31.2 Å². The molecule has 0 radical (unpaired) electrons. The van der Waals surface area contributed by atoms with Crippen LogP contribution in [0.4, 0.5) is 4.39 Å². The lowest BCUT2D eigenvalue weighted by Crippen LogP contribution is -2.34. The Labute approximate surface area is 147 Å². The average Bonchev–Trinajstić information content (AvgIpc) is 2.60. The molecule has 132 valence electrons. The Hall–Kier alpha value is -2.69. The third-order valence-corrected chi connectivity index (χ3v) is 3.93.